The molecular weight excluding hydrogens is 569 g/mol. The molecule has 1 rings (SSSR count). The molecule has 0 N–H and O–H groups in total. The second-order valence-electron chi connectivity index (χ2n) is 15.5. The minimum atomic E-state index is 1.23. The van der Waals surface area contributed by atoms with E-state index in [1.807, 2.05) is 0 Å². The fourth-order valence-corrected chi connectivity index (χ4v) is 7.56. The van der Waals surface area contributed by atoms with Gasteiger partial charge in [0, 0.05) is 6.42 Å². The Morgan fingerprint density at radius 2 is 0.660 bits per heavy atom. The van der Waals surface area contributed by atoms with Gasteiger partial charge in [-0.05, 0) is 32.1 Å². The van der Waals surface area contributed by atoms with Crippen molar-refractivity contribution in [1.82, 2.24) is 4.57 Å². The number of unbranched alkanes of at least 4 members (excludes halogenated alkanes) is 33. The molecule has 0 bridgehead atoms. The van der Waals surface area contributed by atoms with Crippen LogP contribution in [0.3, 0.4) is 0 Å². The molecule has 278 valence electrons. The lowest BCUT2D eigenvalue weighted by atomic mass is 10.0. The summed E-state index contributed by atoms with van der Waals surface area (Å²) in [5, 5.41) is 0. The maximum absolute atomic E-state index is 2.64. The van der Waals surface area contributed by atoms with Crippen LogP contribution in [0.15, 0.2) is 12.4 Å². The molecule has 0 fully saturated rings. The Morgan fingerprint density at radius 1 is 0.362 bits per heavy atom. The number of hydrogen-bond acceptors (Lipinski definition) is 0. The molecule has 0 unspecified atom stereocenters. The SMILES string of the molecule is CCCCCCCCCCCCCCCCCCCc1n(CCCCCCCCCCCCC)cc[n+]1CCCCCCCCCC. The maximum Gasteiger partial charge on any atom is 0.256 e. The van der Waals surface area contributed by atoms with Gasteiger partial charge in [0.25, 0.3) is 5.82 Å². The summed E-state index contributed by atoms with van der Waals surface area (Å²) in [6.07, 6.45) is 57.8. The van der Waals surface area contributed by atoms with Gasteiger partial charge < -0.3 is 0 Å². The fourth-order valence-electron chi connectivity index (χ4n) is 7.56. The molecule has 1 aromatic rings. The van der Waals surface area contributed by atoms with Gasteiger partial charge in [-0.15, -0.1) is 0 Å². The molecule has 0 saturated heterocycles. The van der Waals surface area contributed by atoms with E-state index in [9.17, 15) is 0 Å². The van der Waals surface area contributed by atoms with Gasteiger partial charge in [0.05, 0.1) is 13.1 Å². The molecule has 0 aromatic carbocycles. The van der Waals surface area contributed by atoms with Crippen LogP contribution in [-0.2, 0) is 19.5 Å². The Kier molecular flexibility index (Phi) is 34.3. The van der Waals surface area contributed by atoms with Crippen LogP contribution in [0, 0.1) is 0 Å². The molecule has 0 spiro atoms. The highest BCUT2D eigenvalue weighted by atomic mass is 15.1. The molecule has 2 nitrogen and oxygen atoms in total. The molecule has 0 aliphatic carbocycles. The van der Waals surface area contributed by atoms with Gasteiger partial charge in [-0.25, -0.2) is 9.13 Å². The monoisotopic (exact) mass is 658 g/mol. The third-order valence-electron chi connectivity index (χ3n) is 10.8. The van der Waals surface area contributed by atoms with E-state index in [4.69, 9.17) is 0 Å². The third-order valence-corrected chi connectivity index (χ3v) is 10.8. The van der Waals surface area contributed by atoms with Crippen LogP contribution < -0.4 is 4.57 Å². The van der Waals surface area contributed by atoms with Crippen molar-refractivity contribution in [2.75, 3.05) is 0 Å². The normalized spacial score (nSPS) is 11.6. The van der Waals surface area contributed by atoms with E-state index < -0.39 is 0 Å². The summed E-state index contributed by atoms with van der Waals surface area (Å²) in [5.74, 6) is 1.63. The van der Waals surface area contributed by atoms with Gasteiger partial charge in [-0.1, -0.05) is 220 Å². The minimum Gasteiger partial charge on any atom is -0.234 e. The van der Waals surface area contributed by atoms with Crippen molar-refractivity contribution in [2.45, 2.75) is 271 Å². The molecule has 0 saturated carbocycles. The number of rotatable bonds is 39. The Hall–Kier alpha value is -0.790. The van der Waals surface area contributed by atoms with E-state index in [0.29, 0.717) is 0 Å². The van der Waals surface area contributed by atoms with Crippen LogP contribution in [-0.4, -0.2) is 4.57 Å². The van der Waals surface area contributed by atoms with Crippen LogP contribution in [0.1, 0.15) is 258 Å². The van der Waals surface area contributed by atoms with Crippen molar-refractivity contribution >= 4 is 0 Å². The van der Waals surface area contributed by atoms with Gasteiger partial charge in [0.2, 0.25) is 0 Å². The van der Waals surface area contributed by atoms with E-state index in [-0.39, 0.29) is 0 Å². The Labute approximate surface area is 298 Å². The maximum atomic E-state index is 2.64. The first-order valence-corrected chi connectivity index (χ1v) is 22.4. The molecule has 0 atom stereocenters. The van der Waals surface area contributed by atoms with Crippen LogP contribution in [0.2, 0.25) is 0 Å². The quantitative estimate of drug-likeness (QED) is 0.0492. The lowest BCUT2D eigenvalue weighted by molar-refractivity contribution is -0.704. The largest absolute Gasteiger partial charge is 0.256 e. The summed E-state index contributed by atoms with van der Waals surface area (Å²) in [5.41, 5.74) is 0. The van der Waals surface area contributed by atoms with Gasteiger partial charge in [-0.2, -0.15) is 0 Å². The van der Waals surface area contributed by atoms with E-state index >= 15 is 0 Å². The molecule has 1 heterocycles. The zero-order valence-electron chi connectivity index (χ0n) is 33.1. The number of nitrogens with zero attached hydrogens (tertiary/aromatic N) is 2. The summed E-state index contributed by atoms with van der Waals surface area (Å²) < 4.78 is 5.28. The molecular formula is C45H89N2+. The summed E-state index contributed by atoms with van der Waals surface area (Å²) in [7, 11) is 0. The summed E-state index contributed by atoms with van der Waals surface area (Å²) in [6.45, 7) is 9.41. The van der Waals surface area contributed by atoms with Gasteiger partial charge in [0.1, 0.15) is 12.4 Å². The van der Waals surface area contributed by atoms with Crippen molar-refractivity contribution < 1.29 is 4.57 Å². The second-order valence-corrected chi connectivity index (χ2v) is 15.5. The predicted octanol–water partition coefficient (Wildman–Crippen LogP) is 15.4. The smallest absolute Gasteiger partial charge is 0.234 e. The summed E-state index contributed by atoms with van der Waals surface area (Å²) in [4.78, 5) is 0. The zero-order valence-corrected chi connectivity index (χ0v) is 33.1. The average Bonchev–Trinajstić information content (AvgIpc) is 3.47. The first kappa shape index (κ1) is 44.2. The van der Waals surface area contributed by atoms with Crippen molar-refractivity contribution in [3.8, 4) is 0 Å². The van der Waals surface area contributed by atoms with Crippen molar-refractivity contribution in [3.05, 3.63) is 18.2 Å². The molecule has 1 aromatic heterocycles. The van der Waals surface area contributed by atoms with Gasteiger partial charge in [-0.3, -0.25) is 0 Å². The number of aryl methyl sites for hydroxylation is 2. The van der Waals surface area contributed by atoms with Gasteiger partial charge >= 0.3 is 0 Å². The highest BCUT2D eigenvalue weighted by molar-refractivity contribution is 4.84. The van der Waals surface area contributed by atoms with Crippen molar-refractivity contribution in [2.24, 2.45) is 0 Å². The molecule has 0 aliphatic heterocycles. The molecule has 2 heteroatoms. The lowest BCUT2D eigenvalue weighted by Gasteiger charge is -2.07. The topological polar surface area (TPSA) is 8.81 Å². The Balaban J connectivity index is 2.22. The number of aromatic nitrogens is 2. The Morgan fingerprint density at radius 3 is 1.02 bits per heavy atom. The standard InChI is InChI=1S/C45H89N2/c1-4-7-10-13-16-19-21-22-23-24-25-26-27-29-31-34-37-40-45-46(41-38-35-32-18-15-12-9-6-3)43-44-47(45)42-39-36-33-30-28-20-17-14-11-8-5-2/h43-44H,4-42H2,1-3H3/q+1. The van der Waals surface area contributed by atoms with Crippen LogP contribution >= 0.6 is 0 Å². The van der Waals surface area contributed by atoms with E-state index in [1.165, 1.54) is 251 Å². The molecule has 0 radical (unpaired) electrons. The van der Waals surface area contributed by atoms with Crippen molar-refractivity contribution in [1.29, 1.82) is 0 Å². The minimum absolute atomic E-state index is 1.23. The van der Waals surface area contributed by atoms with Gasteiger partial charge in [0.15, 0.2) is 0 Å². The lowest BCUT2D eigenvalue weighted by Crippen LogP contribution is -2.37. The zero-order chi connectivity index (χ0) is 33.7. The van der Waals surface area contributed by atoms with Crippen LogP contribution in [0.5, 0.6) is 0 Å². The van der Waals surface area contributed by atoms with E-state index in [1.54, 1.807) is 5.82 Å². The predicted molar refractivity (Wildman–Crippen MR) is 212 cm³/mol. The number of hydrogen-bond donors (Lipinski definition) is 0. The summed E-state index contributed by atoms with van der Waals surface area (Å²) in [6, 6.07) is 0. The molecule has 0 aliphatic rings. The number of imidazole rings is 1. The second kappa shape index (κ2) is 36.5. The summed E-state index contributed by atoms with van der Waals surface area (Å²) >= 11 is 0. The highest BCUT2D eigenvalue weighted by Crippen LogP contribution is 2.16. The highest BCUT2D eigenvalue weighted by Gasteiger charge is 2.16. The first-order valence-electron chi connectivity index (χ1n) is 22.4. The van der Waals surface area contributed by atoms with Crippen LogP contribution in [0.4, 0.5) is 0 Å². The average molecular weight is 658 g/mol. The fraction of sp³-hybridized carbons (Fsp3) is 0.933. The molecule has 47 heavy (non-hydrogen) atoms. The van der Waals surface area contributed by atoms with E-state index in [2.05, 4.69) is 42.3 Å². The van der Waals surface area contributed by atoms with E-state index in [0.717, 1.165) is 0 Å². The van der Waals surface area contributed by atoms with Crippen molar-refractivity contribution in [3.63, 3.8) is 0 Å². The first-order chi connectivity index (χ1) is 23.3. The Bertz CT molecular complexity index is 722. The van der Waals surface area contributed by atoms with Crippen LogP contribution in [0.25, 0.3) is 0 Å². The molecule has 0 amide bonds. The third kappa shape index (κ3) is 28.7.